The Balaban J connectivity index is 2.05. The quantitative estimate of drug-likeness (QED) is 0.206. The van der Waals surface area contributed by atoms with Gasteiger partial charge in [0.05, 0.1) is 35.8 Å². The summed E-state index contributed by atoms with van der Waals surface area (Å²) in [6.45, 7) is 20.1. The second kappa shape index (κ2) is 11.7. The van der Waals surface area contributed by atoms with E-state index in [0.29, 0.717) is 26.0 Å². The SMILES string of the molecule is C=CCCCCOC(=O)[C@@H]1[C@H]2C(=O)N([C@@H](CO)CC(C)C)C(C(=O)N(CC=C)C(C)(C)C)C23CC[C@@]1(C)S3. The maximum Gasteiger partial charge on any atom is 0.311 e. The molecule has 0 aromatic heterocycles. The van der Waals surface area contributed by atoms with Crippen LogP contribution in [0.25, 0.3) is 0 Å². The predicted octanol–water partition coefficient (Wildman–Crippen LogP) is 4.59. The molecule has 3 saturated heterocycles. The number of esters is 1. The lowest BCUT2D eigenvalue weighted by atomic mass is 9.66. The number of allylic oxidation sites excluding steroid dienone is 1. The highest BCUT2D eigenvalue weighted by Crippen LogP contribution is 2.72. The number of hydrogen-bond donors (Lipinski definition) is 1. The Bertz CT molecular complexity index is 930. The lowest BCUT2D eigenvalue weighted by Crippen LogP contribution is -2.60. The van der Waals surface area contributed by atoms with Gasteiger partial charge in [0.15, 0.2) is 0 Å². The highest BCUT2D eigenvalue weighted by Gasteiger charge is 2.78. The average Bonchev–Trinajstić information content (AvgIpc) is 3.40. The molecular weight excluding hydrogens is 500 g/mol. The number of carbonyl (C=O) groups is 3. The predicted molar refractivity (Wildman–Crippen MR) is 153 cm³/mol. The van der Waals surface area contributed by atoms with Gasteiger partial charge in [0.1, 0.15) is 6.04 Å². The van der Waals surface area contributed by atoms with Gasteiger partial charge in [-0.15, -0.1) is 24.9 Å². The van der Waals surface area contributed by atoms with Crippen molar-refractivity contribution >= 4 is 29.5 Å². The molecule has 3 aliphatic rings. The van der Waals surface area contributed by atoms with Crippen molar-refractivity contribution < 1.29 is 24.2 Å². The summed E-state index contributed by atoms with van der Waals surface area (Å²) in [5.74, 6) is -1.71. The van der Waals surface area contributed by atoms with Crippen molar-refractivity contribution in [2.24, 2.45) is 17.8 Å². The van der Waals surface area contributed by atoms with Gasteiger partial charge in [-0.05, 0) is 72.1 Å². The molecule has 3 aliphatic heterocycles. The lowest BCUT2D eigenvalue weighted by Gasteiger charge is -2.43. The molecule has 2 unspecified atom stereocenters. The number of likely N-dealkylation sites (tertiary alicyclic amines) is 1. The van der Waals surface area contributed by atoms with Gasteiger partial charge in [-0.2, -0.15) is 0 Å². The van der Waals surface area contributed by atoms with Crippen molar-refractivity contribution in [3.63, 3.8) is 0 Å². The Kier molecular flexibility index (Phi) is 9.50. The van der Waals surface area contributed by atoms with E-state index in [4.69, 9.17) is 4.74 Å². The minimum Gasteiger partial charge on any atom is -0.465 e. The van der Waals surface area contributed by atoms with Crippen molar-refractivity contribution in [2.75, 3.05) is 19.8 Å². The summed E-state index contributed by atoms with van der Waals surface area (Å²) < 4.78 is 4.55. The molecule has 6 atom stereocenters. The Morgan fingerprint density at radius 3 is 2.47 bits per heavy atom. The minimum absolute atomic E-state index is 0.134. The highest BCUT2D eigenvalue weighted by atomic mass is 32.2. The molecule has 1 spiro atoms. The first kappa shape index (κ1) is 30.7. The summed E-state index contributed by atoms with van der Waals surface area (Å²) in [5.41, 5.74) is -0.490. The van der Waals surface area contributed by atoms with Gasteiger partial charge in [-0.1, -0.05) is 26.0 Å². The fourth-order valence-corrected chi connectivity index (χ4v) is 9.16. The van der Waals surface area contributed by atoms with E-state index < -0.39 is 39.0 Å². The fraction of sp³-hybridized carbons (Fsp3) is 0.767. The number of amides is 2. The third-order valence-corrected chi connectivity index (χ3v) is 10.5. The summed E-state index contributed by atoms with van der Waals surface area (Å²) in [7, 11) is 0. The maximum atomic E-state index is 14.5. The zero-order chi connectivity index (χ0) is 28.5. The van der Waals surface area contributed by atoms with Crippen LogP contribution >= 0.6 is 11.8 Å². The van der Waals surface area contributed by atoms with Crippen LogP contribution in [0.5, 0.6) is 0 Å². The number of unbranched alkanes of at least 4 members (excludes halogenated alkanes) is 2. The summed E-state index contributed by atoms with van der Waals surface area (Å²) in [6.07, 6.45) is 8.05. The Morgan fingerprint density at radius 1 is 1.24 bits per heavy atom. The molecule has 2 bridgehead atoms. The average molecular weight is 549 g/mol. The maximum absolute atomic E-state index is 14.5. The first-order chi connectivity index (χ1) is 17.8. The number of rotatable bonds is 13. The second-order valence-electron chi connectivity index (χ2n) is 12.8. The minimum atomic E-state index is -0.757. The van der Waals surface area contributed by atoms with Crippen molar-refractivity contribution in [3.8, 4) is 0 Å². The van der Waals surface area contributed by atoms with Crippen LogP contribution in [0.1, 0.15) is 80.1 Å². The van der Waals surface area contributed by atoms with E-state index in [1.54, 1.807) is 27.6 Å². The number of hydrogen-bond acceptors (Lipinski definition) is 6. The third-order valence-electron chi connectivity index (χ3n) is 8.48. The normalized spacial score (nSPS) is 30.9. The molecule has 3 heterocycles. The van der Waals surface area contributed by atoms with Crippen LogP contribution in [-0.4, -0.2) is 79.6 Å². The summed E-state index contributed by atoms with van der Waals surface area (Å²) >= 11 is 1.64. The smallest absolute Gasteiger partial charge is 0.311 e. The second-order valence-corrected chi connectivity index (χ2v) is 14.7. The lowest BCUT2D eigenvalue weighted by molar-refractivity contribution is -0.156. The molecule has 7 nitrogen and oxygen atoms in total. The van der Waals surface area contributed by atoms with Gasteiger partial charge in [0, 0.05) is 16.8 Å². The van der Waals surface area contributed by atoms with E-state index >= 15 is 0 Å². The van der Waals surface area contributed by atoms with Crippen molar-refractivity contribution in [2.45, 2.75) is 107 Å². The van der Waals surface area contributed by atoms with E-state index in [1.807, 2.05) is 40.7 Å². The van der Waals surface area contributed by atoms with Gasteiger partial charge in [0.2, 0.25) is 11.8 Å². The topological polar surface area (TPSA) is 87.1 Å². The molecule has 0 saturated carbocycles. The van der Waals surface area contributed by atoms with E-state index in [2.05, 4.69) is 20.1 Å². The van der Waals surface area contributed by atoms with E-state index in [0.717, 1.165) is 25.7 Å². The molecule has 2 amide bonds. The van der Waals surface area contributed by atoms with E-state index in [9.17, 15) is 19.5 Å². The van der Waals surface area contributed by atoms with Crippen molar-refractivity contribution in [3.05, 3.63) is 25.3 Å². The number of ether oxygens (including phenoxy) is 1. The first-order valence-corrected chi connectivity index (χ1v) is 14.9. The number of thioether (sulfide) groups is 1. The third kappa shape index (κ3) is 5.45. The zero-order valence-corrected chi connectivity index (χ0v) is 25.0. The van der Waals surface area contributed by atoms with Crippen LogP contribution in [0.15, 0.2) is 25.3 Å². The highest BCUT2D eigenvalue weighted by molar-refractivity contribution is 8.02. The van der Waals surface area contributed by atoms with Gasteiger partial charge >= 0.3 is 5.97 Å². The number of aliphatic hydroxyl groups is 1. The van der Waals surface area contributed by atoms with Crippen LogP contribution < -0.4 is 0 Å². The number of nitrogens with zero attached hydrogens (tertiary/aromatic N) is 2. The Morgan fingerprint density at radius 2 is 1.92 bits per heavy atom. The monoisotopic (exact) mass is 548 g/mol. The fourth-order valence-electron chi connectivity index (χ4n) is 6.84. The Hall–Kier alpha value is -1.80. The number of fused-ring (bicyclic) bond motifs is 1. The van der Waals surface area contributed by atoms with Crippen LogP contribution in [0.4, 0.5) is 0 Å². The summed E-state index contributed by atoms with van der Waals surface area (Å²) in [4.78, 5) is 45.9. The van der Waals surface area contributed by atoms with Crippen LogP contribution in [0.3, 0.4) is 0 Å². The van der Waals surface area contributed by atoms with Gasteiger partial charge < -0.3 is 19.6 Å². The van der Waals surface area contributed by atoms with Crippen LogP contribution in [-0.2, 0) is 19.1 Å². The van der Waals surface area contributed by atoms with Gasteiger partial charge in [0.25, 0.3) is 0 Å². The van der Waals surface area contributed by atoms with E-state index in [1.165, 1.54) is 0 Å². The van der Waals surface area contributed by atoms with Gasteiger partial charge in [-0.3, -0.25) is 14.4 Å². The molecule has 8 heteroatoms. The zero-order valence-electron chi connectivity index (χ0n) is 24.2. The molecular formula is C30H48N2O5S. The molecule has 38 heavy (non-hydrogen) atoms. The molecule has 214 valence electrons. The summed E-state index contributed by atoms with van der Waals surface area (Å²) in [5, 5.41) is 10.5. The van der Waals surface area contributed by atoms with Crippen LogP contribution in [0, 0.1) is 17.8 Å². The standard InChI is InChI=1S/C30H48N2O5S/c1-9-11-12-13-17-37-27(36)23-22-25(34)32(21(19-33)18-20(3)4)24(30(22)15-14-29(23,8)38-30)26(35)31(16-10-2)28(5,6)7/h9-10,20-24,33H,1-2,11-19H2,3-8H3/t21-,22+,23+,24?,29-,30?/m1/s1. The molecule has 0 aliphatic carbocycles. The molecule has 0 radical (unpaired) electrons. The summed E-state index contributed by atoms with van der Waals surface area (Å²) in [6, 6.07) is -1.25. The number of aliphatic hydroxyl groups excluding tert-OH is 1. The van der Waals surface area contributed by atoms with E-state index in [-0.39, 0.29) is 30.3 Å². The molecule has 3 rings (SSSR count). The molecule has 0 aromatic carbocycles. The molecule has 0 aromatic rings. The van der Waals surface area contributed by atoms with Gasteiger partial charge in [-0.25, -0.2) is 0 Å². The largest absolute Gasteiger partial charge is 0.465 e. The molecule has 1 N–H and O–H groups in total. The van der Waals surface area contributed by atoms with Crippen molar-refractivity contribution in [1.82, 2.24) is 9.80 Å². The number of carbonyl (C=O) groups excluding carboxylic acids is 3. The van der Waals surface area contributed by atoms with Crippen LogP contribution in [0.2, 0.25) is 0 Å². The van der Waals surface area contributed by atoms with Crippen molar-refractivity contribution in [1.29, 1.82) is 0 Å². The molecule has 3 fully saturated rings. The Labute approximate surface area is 233 Å². The first-order valence-electron chi connectivity index (χ1n) is 14.1.